The zero-order valence-corrected chi connectivity index (χ0v) is 12.2. The molecule has 0 aliphatic heterocycles. The van der Waals surface area contributed by atoms with E-state index in [0.29, 0.717) is 5.75 Å². The monoisotopic (exact) mass is 291 g/mol. The third-order valence-electron chi connectivity index (χ3n) is 3.07. The molecule has 0 aliphatic rings. The van der Waals surface area contributed by atoms with Crippen molar-refractivity contribution in [3.8, 4) is 11.5 Å². The van der Waals surface area contributed by atoms with E-state index in [1.165, 1.54) is 12.1 Å². The van der Waals surface area contributed by atoms with Gasteiger partial charge in [-0.3, -0.25) is 0 Å². The van der Waals surface area contributed by atoms with Crippen molar-refractivity contribution in [2.75, 3.05) is 6.54 Å². The summed E-state index contributed by atoms with van der Waals surface area (Å²) in [5.41, 5.74) is 1.99. The van der Waals surface area contributed by atoms with E-state index in [0.717, 1.165) is 36.7 Å². The number of rotatable bonds is 6. The van der Waals surface area contributed by atoms with Gasteiger partial charge in [-0.05, 0) is 37.1 Å². The van der Waals surface area contributed by atoms with Crippen LogP contribution in [0.5, 0.6) is 11.5 Å². The zero-order valence-electron chi connectivity index (χ0n) is 12.2. The van der Waals surface area contributed by atoms with Crippen LogP contribution in [0.4, 0.5) is 8.78 Å². The SMILES string of the molecule is CCCNCc1ccc(C)c(Oc2cc(F)cc(F)c2)c1. The number of ether oxygens (including phenoxy) is 1. The third-order valence-corrected chi connectivity index (χ3v) is 3.07. The van der Waals surface area contributed by atoms with Gasteiger partial charge in [0.15, 0.2) is 0 Å². The second kappa shape index (κ2) is 7.18. The lowest BCUT2D eigenvalue weighted by atomic mass is 10.1. The molecular weight excluding hydrogens is 272 g/mol. The quantitative estimate of drug-likeness (QED) is 0.787. The molecule has 2 aromatic rings. The molecule has 0 spiro atoms. The number of aryl methyl sites for hydroxylation is 1. The van der Waals surface area contributed by atoms with Crippen LogP contribution < -0.4 is 10.1 Å². The second-order valence-electron chi connectivity index (χ2n) is 4.98. The molecule has 2 aromatic carbocycles. The summed E-state index contributed by atoms with van der Waals surface area (Å²) in [7, 11) is 0. The molecule has 0 aliphatic carbocycles. The lowest BCUT2D eigenvalue weighted by Gasteiger charge is -2.11. The maximum atomic E-state index is 13.2. The molecule has 0 saturated heterocycles. The van der Waals surface area contributed by atoms with Gasteiger partial charge in [0.1, 0.15) is 23.1 Å². The Balaban J connectivity index is 2.16. The van der Waals surface area contributed by atoms with Crippen molar-refractivity contribution in [3.63, 3.8) is 0 Å². The predicted molar refractivity (Wildman–Crippen MR) is 79.6 cm³/mol. The molecule has 0 unspecified atom stereocenters. The summed E-state index contributed by atoms with van der Waals surface area (Å²) in [6.07, 6.45) is 1.07. The fourth-order valence-electron chi connectivity index (χ4n) is 1.99. The maximum Gasteiger partial charge on any atom is 0.133 e. The van der Waals surface area contributed by atoms with Crippen LogP contribution in [0.15, 0.2) is 36.4 Å². The Hall–Kier alpha value is -1.94. The van der Waals surface area contributed by atoms with Gasteiger partial charge in [-0.25, -0.2) is 8.78 Å². The van der Waals surface area contributed by atoms with Gasteiger partial charge < -0.3 is 10.1 Å². The number of nitrogens with one attached hydrogen (secondary N) is 1. The first-order chi connectivity index (χ1) is 10.1. The maximum absolute atomic E-state index is 13.2. The molecule has 0 amide bonds. The summed E-state index contributed by atoms with van der Waals surface area (Å²) in [6, 6.07) is 9.01. The first-order valence-corrected chi connectivity index (χ1v) is 7.02. The van der Waals surface area contributed by atoms with E-state index in [2.05, 4.69) is 12.2 Å². The van der Waals surface area contributed by atoms with Gasteiger partial charge in [0.2, 0.25) is 0 Å². The molecule has 1 N–H and O–H groups in total. The minimum absolute atomic E-state index is 0.161. The van der Waals surface area contributed by atoms with Crippen LogP contribution in [0.2, 0.25) is 0 Å². The Kier molecular flexibility index (Phi) is 5.28. The highest BCUT2D eigenvalue weighted by Crippen LogP contribution is 2.27. The normalized spacial score (nSPS) is 10.7. The Labute approximate surface area is 123 Å². The third kappa shape index (κ3) is 4.53. The molecule has 0 radical (unpaired) electrons. The minimum Gasteiger partial charge on any atom is -0.457 e. The Morgan fingerprint density at radius 1 is 1.05 bits per heavy atom. The van der Waals surface area contributed by atoms with Gasteiger partial charge >= 0.3 is 0 Å². The highest BCUT2D eigenvalue weighted by Gasteiger charge is 2.06. The first kappa shape index (κ1) is 15.4. The Bertz CT molecular complexity index is 593. The number of hydrogen-bond acceptors (Lipinski definition) is 2. The van der Waals surface area contributed by atoms with E-state index in [-0.39, 0.29) is 5.75 Å². The summed E-state index contributed by atoms with van der Waals surface area (Å²) in [5.74, 6) is -0.531. The van der Waals surface area contributed by atoms with Crippen LogP contribution in [0.1, 0.15) is 24.5 Å². The van der Waals surface area contributed by atoms with Crippen molar-refractivity contribution in [1.29, 1.82) is 0 Å². The van der Waals surface area contributed by atoms with E-state index >= 15 is 0 Å². The summed E-state index contributed by atoms with van der Waals surface area (Å²) < 4.78 is 32.0. The molecule has 21 heavy (non-hydrogen) atoms. The van der Waals surface area contributed by atoms with Crippen molar-refractivity contribution in [1.82, 2.24) is 5.32 Å². The lowest BCUT2D eigenvalue weighted by Crippen LogP contribution is -2.13. The van der Waals surface area contributed by atoms with Gasteiger partial charge in [0.25, 0.3) is 0 Å². The average molecular weight is 291 g/mol. The van der Waals surface area contributed by atoms with E-state index < -0.39 is 11.6 Å². The topological polar surface area (TPSA) is 21.3 Å². The Morgan fingerprint density at radius 2 is 1.76 bits per heavy atom. The van der Waals surface area contributed by atoms with Crippen molar-refractivity contribution < 1.29 is 13.5 Å². The van der Waals surface area contributed by atoms with E-state index in [4.69, 9.17) is 4.74 Å². The number of benzene rings is 2. The van der Waals surface area contributed by atoms with Crippen LogP contribution in [0.3, 0.4) is 0 Å². The Morgan fingerprint density at radius 3 is 2.43 bits per heavy atom. The molecule has 2 rings (SSSR count). The summed E-state index contributed by atoms with van der Waals surface area (Å²) in [5, 5.41) is 3.30. The van der Waals surface area contributed by atoms with Gasteiger partial charge in [0.05, 0.1) is 0 Å². The van der Waals surface area contributed by atoms with Gasteiger partial charge in [-0.15, -0.1) is 0 Å². The molecule has 0 heterocycles. The fourth-order valence-corrected chi connectivity index (χ4v) is 1.99. The molecule has 0 bridgehead atoms. The average Bonchev–Trinajstić information content (AvgIpc) is 2.41. The lowest BCUT2D eigenvalue weighted by molar-refractivity contribution is 0.464. The molecule has 112 valence electrons. The molecule has 0 aromatic heterocycles. The smallest absolute Gasteiger partial charge is 0.133 e. The second-order valence-corrected chi connectivity index (χ2v) is 4.98. The zero-order chi connectivity index (χ0) is 15.2. The molecule has 2 nitrogen and oxygen atoms in total. The summed E-state index contributed by atoms with van der Waals surface area (Å²) in [6.45, 7) is 5.69. The first-order valence-electron chi connectivity index (χ1n) is 7.02. The molecule has 0 atom stereocenters. The minimum atomic E-state index is -0.650. The van der Waals surface area contributed by atoms with Crippen LogP contribution >= 0.6 is 0 Å². The predicted octanol–water partition coefficient (Wildman–Crippen LogP) is 4.57. The van der Waals surface area contributed by atoms with Gasteiger partial charge in [0, 0.05) is 24.7 Å². The fraction of sp³-hybridized carbons (Fsp3) is 0.294. The highest BCUT2D eigenvalue weighted by molar-refractivity contribution is 5.40. The van der Waals surface area contributed by atoms with Crippen LogP contribution in [-0.4, -0.2) is 6.54 Å². The summed E-state index contributed by atoms with van der Waals surface area (Å²) in [4.78, 5) is 0. The molecular formula is C17H19F2NO. The van der Waals surface area contributed by atoms with Crippen molar-refractivity contribution >= 4 is 0 Å². The largest absolute Gasteiger partial charge is 0.457 e. The van der Waals surface area contributed by atoms with Crippen LogP contribution in [-0.2, 0) is 6.54 Å². The van der Waals surface area contributed by atoms with E-state index in [1.54, 1.807) is 0 Å². The van der Waals surface area contributed by atoms with E-state index in [1.807, 2.05) is 25.1 Å². The van der Waals surface area contributed by atoms with Crippen molar-refractivity contribution in [2.45, 2.75) is 26.8 Å². The number of hydrogen-bond donors (Lipinski definition) is 1. The van der Waals surface area contributed by atoms with Crippen molar-refractivity contribution in [2.24, 2.45) is 0 Å². The van der Waals surface area contributed by atoms with E-state index in [9.17, 15) is 8.78 Å². The molecule has 4 heteroatoms. The van der Waals surface area contributed by atoms with Gasteiger partial charge in [-0.1, -0.05) is 19.1 Å². The van der Waals surface area contributed by atoms with Gasteiger partial charge in [-0.2, -0.15) is 0 Å². The standard InChI is InChI=1S/C17H19F2NO/c1-3-6-20-11-13-5-4-12(2)17(7-13)21-16-9-14(18)8-15(19)10-16/h4-5,7-10,20H,3,6,11H2,1-2H3. The highest BCUT2D eigenvalue weighted by atomic mass is 19.1. The summed E-state index contributed by atoms with van der Waals surface area (Å²) >= 11 is 0. The molecule has 0 fully saturated rings. The number of halogens is 2. The van der Waals surface area contributed by atoms with Crippen LogP contribution in [0.25, 0.3) is 0 Å². The molecule has 0 saturated carbocycles. The van der Waals surface area contributed by atoms with Crippen molar-refractivity contribution in [3.05, 3.63) is 59.2 Å². The van der Waals surface area contributed by atoms with Crippen LogP contribution in [0, 0.1) is 18.6 Å².